The molecule has 7 heteroatoms. The Morgan fingerprint density at radius 3 is 2.60 bits per heavy atom. The molecule has 0 aliphatic rings. The number of aliphatic hydroxyl groups excluding tert-OH is 1. The van der Waals surface area contributed by atoms with Crippen molar-refractivity contribution in [1.29, 1.82) is 0 Å². The van der Waals surface area contributed by atoms with Crippen LogP contribution in [-0.2, 0) is 0 Å². The molecule has 1 aromatic rings. The number of nitrogens with zero attached hydrogens (tertiary/aromatic N) is 2. The van der Waals surface area contributed by atoms with E-state index in [1.54, 1.807) is 6.92 Å². The van der Waals surface area contributed by atoms with Gasteiger partial charge in [0, 0.05) is 12.6 Å². The van der Waals surface area contributed by atoms with Crippen LogP contribution in [0.3, 0.4) is 0 Å². The van der Waals surface area contributed by atoms with Crippen LogP contribution in [0.25, 0.3) is 0 Å². The Hall–Kier alpha value is -1.89. The van der Waals surface area contributed by atoms with Gasteiger partial charge in [-0.2, -0.15) is 0 Å². The van der Waals surface area contributed by atoms with Gasteiger partial charge in [0.05, 0.1) is 23.2 Å². The van der Waals surface area contributed by atoms with Crippen molar-refractivity contribution in [2.75, 3.05) is 17.2 Å². The van der Waals surface area contributed by atoms with E-state index in [9.17, 15) is 15.2 Å². The van der Waals surface area contributed by atoms with Crippen molar-refractivity contribution in [3.8, 4) is 0 Å². The minimum absolute atomic E-state index is 0.00894. The monoisotopic (exact) mass is 282 g/mol. The lowest BCUT2D eigenvalue weighted by atomic mass is 10.1. The van der Waals surface area contributed by atoms with E-state index in [4.69, 9.17) is 0 Å². The van der Waals surface area contributed by atoms with Gasteiger partial charge in [-0.05, 0) is 26.7 Å². The molecular weight excluding hydrogens is 260 g/mol. The van der Waals surface area contributed by atoms with Crippen molar-refractivity contribution >= 4 is 17.3 Å². The fraction of sp³-hybridized carbons (Fsp3) is 0.615. The van der Waals surface area contributed by atoms with E-state index in [1.165, 1.54) is 12.1 Å². The van der Waals surface area contributed by atoms with Gasteiger partial charge >= 0.3 is 0 Å². The molecule has 1 aromatic heterocycles. The first-order valence-corrected chi connectivity index (χ1v) is 6.77. The molecule has 20 heavy (non-hydrogen) atoms. The standard InChI is InChI=1S/C13H22N4O3/c1-4-5-14-12-7-11(17(19)20)8-13(16-12)15-9(2)6-10(3)18/h7-10,18H,4-6H2,1-3H3,(H2,14,15,16). The number of nitrogens with one attached hydrogen (secondary N) is 2. The molecule has 0 saturated heterocycles. The Bertz CT molecular complexity index is 451. The number of aliphatic hydroxyl groups is 1. The van der Waals surface area contributed by atoms with Gasteiger partial charge < -0.3 is 15.7 Å². The number of rotatable bonds is 8. The Labute approximate surface area is 118 Å². The molecule has 0 bridgehead atoms. The zero-order chi connectivity index (χ0) is 15.1. The maximum absolute atomic E-state index is 10.9. The van der Waals surface area contributed by atoms with Gasteiger partial charge in [-0.25, -0.2) is 4.98 Å². The average Bonchev–Trinajstić information content (AvgIpc) is 2.34. The molecule has 3 N–H and O–H groups in total. The fourth-order valence-corrected chi connectivity index (χ4v) is 1.86. The molecular formula is C13H22N4O3. The van der Waals surface area contributed by atoms with Crippen LogP contribution in [0.15, 0.2) is 12.1 Å². The highest BCUT2D eigenvalue weighted by molar-refractivity contribution is 5.54. The highest BCUT2D eigenvalue weighted by atomic mass is 16.6. The summed E-state index contributed by atoms with van der Waals surface area (Å²) in [5.74, 6) is 0.916. The highest BCUT2D eigenvalue weighted by Crippen LogP contribution is 2.21. The smallest absolute Gasteiger partial charge is 0.276 e. The first-order valence-electron chi connectivity index (χ1n) is 6.77. The summed E-state index contributed by atoms with van der Waals surface area (Å²) in [6, 6.07) is 2.79. The van der Waals surface area contributed by atoms with Crippen molar-refractivity contribution in [2.45, 2.75) is 45.8 Å². The van der Waals surface area contributed by atoms with Gasteiger partial charge in [0.25, 0.3) is 5.69 Å². The predicted molar refractivity (Wildman–Crippen MR) is 79.1 cm³/mol. The van der Waals surface area contributed by atoms with Crippen LogP contribution >= 0.6 is 0 Å². The second-order valence-corrected chi connectivity index (χ2v) is 4.91. The third-order valence-electron chi connectivity index (χ3n) is 2.67. The average molecular weight is 282 g/mol. The molecule has 0 radical (unpaired) electrons. The quantitative estimate of drug-likeness (QED) is 0.500. The zero-order valence-electron chi connectivity index (χ0n) is 12.1. The van der Waals surface area contributed by atoms with Crippen LogP contribution in [0, 0.1) is 10.1 Å². The van der Waals surface area contributed by atoms with Gasteiger partial charge in [0.1, 0.15) is 11.6 Å². The first-order chi connectivity index (χ1) is 9.42. The van der Waals surface area contributed by atoms with Crippen molar-refractivity contribution in [3.63, 3.8) is 0 Å². The topological polar surface area (TPSA) is 100 Å². The van der Waals surface area contributed by atoms with Crippen LogP contribution in [0.1, 0.15) is 33.6 Å². The largest absolute Gasteiger partial charge is 0.393 e. The maximum atomic E-state index is 10.9. The number of hydrogen-bond donors (Lipinski definition) is 3. The van der Waals surface area contributed by atoms with Gasteiger partial charge in [-0.3, -0.25) is 10.1 Å². The molecule has 7 nitrogen and oxygen atoms in total. The van der Waals surface area contributed by atoms with E-state index in [1.807, 2.05) is 13.8 Å². The summed E-state index contributed by atoms with van der Waals surface area (Å²) in [6.45, 7) is 6.31. The van der Waals surface area contributed by atoms with E-state index in [-0.39, 0.29) is 11.7 Å². The van der Waals surface area contributed by atoms with Crippen LogP contribution < -0.4 is 10.6 Å². The van der Waals surface area contributed by atoms with Crippen molar-refractivity contribution in [2.24, 2.45) is 0 Å². The highest BCUT2D eigenvalue weighted by Gasteiger charge is 2.13. The summed E-state index contributed by atoms with van der Waals surface area (Å²) in [5.41, 5.74) is -0.00894. The van der Waals surface area contributed by atoms with E-state index < -0.39 is 11.0 Å². The molecule has 0 aliphatic carbocycles. The lowest BCUT2D eigenvalue weighted by Gasteiger charge is -2.16. The van der Waals surface area contributed by atoms with E-state index in [0.717, 1.165) is 6.42 Å². The molecule has 0 amide bonds. The van der Waals surface area contributed by atoms with Crippen molar-refractivity contribution < 1.29 is 10.0 Å². The van der Waals surface area contributed by atoms with Crippen molar-refractivity contribution in [1.82, 2.24) is 4.98 Å². The molecule has 1 rings (SSSR count). The molecule has 112 valence electrons. The van der Waals surface area contributed by atoms with Crippen LogP contribution in [-0.4, -0.2) is 33.7 Å². The summed E-state index contributed by atoms with van der Waals surface area (Å²) in [7, 11) is 0. The Morgan fingerprint density at radius 2 is 2.05 bits per heavy atom. The molecule has 1 heterocycles. The second-order valence-electron chi connectivity index (χ2n) is 4.91. The number of nitro groups is 1. The third-order valence-corrected chi connectivity index (χ3v) is 2.67. The van der Waals surface area contributed by atoms with Crippen molar-refractivity contribution in [3.05, 3.63) is 22.2 Å². The van der Waals surface area contributed by atoms with Crippen LogP contribution in [0.4, 0.5) is 17.3 Å². The third kappa shape index (κ3) is 5.40. The first kappa shape index (κ1) is 16.2. The van der Waals surface area contributed by atoms with Gasteiger partial charge in [0.15, 0.2) is 0 Å². The minimum atomic E-state index is -0.441. The Morgan fingerprint density at radius 1 is 1.40 bits per heavy atom. The number of aromatic nitrogens is 1. The van der Waals surface area contributed by atoms with Gasteiger partial charge in [0.2, 0.25) is 0 Å². The molecule has 0 fully saturated rings. The number of anilines is 2. The fourth-order valence-electron chi connectivity index (χ4n) is 1.86. The molecule has 0 aromatic carbocycles. The Kier molecular flexibility index (Phi) is 6.17. The van der Waals surface area contributed by atoms with Crippen LogP contribution in [0.2, 0.25) is 0 Å². The second kappa shape index (κ2) is 7.64. The number of pyridine rings is 1. The summed E-state index contributed by atoms with van der Waals surface area (Å²) >= 11 is 0. The Balaban J connectivity index is 2.87. The predicted octanol–water partition coefficient (Wildman–Crippen LogP) is 2.38. The minimum Gasteiger partial charge on any atom is -0.393 e. The maximum Gasteiger partial charge on any atom is 0.276 e. The molecule has 2 unspecified atom stereocenters. The lowest BCUT2D eigenvalue weighted by Crippen LogP contribution is -2.21. The normalized spacial score (nSPS) is 13.6. The SMILES string of the molecule is CCCNc1cc([N+](=O)[O-])cc(NC(C)CC(C)O)n1. The lowest BCUT2D eigenvalue weighted by molar-refractivity contribution is -0.384. The van der Waals surface area contributed by atoms with Gasteiger partial charge in [-0.15, -0.1) is 0 Å². The van der Waals surface area contributed by atoms with E-state index >= 15 is 0 Å². The number of hydrogen-bond acceptors (Lipinski definition) is 6. The molecule has 2 atom stereocenters. The summed E-state index contributed by atoms with van der Waals surface area (Å²) in [6.07, 6.45) is 1.02. The summed E-state index contributed by atoms with van der Waals surface area (Å²) in [5, 5.41) is 26.4. The van der Waals surface area contributed by atoms with E-state index in [0.29, 0.717) is 24.6 Å². The van der Waals surface area contributed by atoms with Crippen LogP contribution in [0.5, 0.6) is 0 Å². The molecule has 0 aliphatic heterocycles. The molecule has 0 spiro atoms. The zero-order valence-corrected chi connectivity index (χ0v) is 12.1. The molecule has 0 saturated carbocycles. The van der Waals surface area contributed by atoms with Gasteiger partial charge in [-0.1, -0.05) is 6.92 Å². The summed E-state index contributed by atoms with van der Waals surface area (Å²) in [4.78, 5) is 14.8. The summed E-state index contributed by atoms with van der Waals surface area (Å²) < 4.78 is 0. The van der Waals surface area contributed by atoms with E-state index in [2.05, 4.69) is 15.6 Å².